The highest BCUT2D eigenvalue weighted by molar-refractivity contribution is 7.92. The van der Waals surface area contributed by atoms with Crippen molar-refractivity contribution in [2.45, 2.75) is 40.2 Å². The standard InChI is InChI=1S/C23H31N3O3S/c1-4-25(5-2)21-12-9-19(10-13-21)17-24-23(27)20-11-8-18(3)22(16-20)26-14-6-7-15-30(26,28)29/h8-13,16H,4-7,14-15,17H2,1-3H3,(H,24,27). The number of aryl methyl sites for hydroxylation is 1. The predicted molar refractivity (Wildman–Crippen MR) is 123 cm³/mol. The third-order valence-electron chi connectivity index (χ3n) is 5.61. The van der Waals surface area contributed by atoms with Gasteiger partial charge < -0.3 is 10.2 Å². The van der Waals surface area contributed by atoms with E-state index in [2.05, 4.69) is 36.2 Å². The van der Waals surface area contributed by atoms with Gasteiger partial charge in [0.2, 0.25) is 10.0 Å². The quantitative estimate of drug-likeness (QED) is 0.729. The van der Waals surface area contributed by atoms with Crippen molar-refractivity contribution in [2.75, 3.05) is 34.6 Å². The molecule has 6 nitrogen and oxygen atoms in total. The molecule has 0 unspecified atom stereocenters. The first-order valence-corrected chi connectivity index (χ1v) is 12.2. The van der Waals surface area contributed by atoms with Gasteiger partial charge in [0, 0.05) is 37.4 Å². The number of carbonyl (C=O) groups excluding carboxylic acids is 1. The maximum Gasteiger partial charge on any atom is 0.251 e. The maximum atomic E-state index is 12.7. The monoisotopic (exact) mass is 429 g/mol. The van der Waals surface area contributed by atoms with Gasteiger partial charge in [-0.05, 0) is 69.0 Å². The highest BCUT2D eigenvalue weighted by atomic mass is 32.2. The lowest BCUT2D eigenvalue weighted by Gasteiger charge is -2.29. The van der Waals surface area contributed by atoms with Crippen LogP contribution in [0.4, 0.5) is 11.4 Å². The smallest absolute Gasteiger partial charge is 0.251 e. The first-order chi connectivity index (χ1) is 14.4. The molecular formula is C23H31N3O3S. The van der Waals surface area contributed by atoms with Gasteiger partial charge in [0.25, 0.3) is 5.91 Å². The van der Waals surface area contributed by atoms with Crippen LogP contribution < -0.4 is 14.5 Å². The zero-order valence-electron chi connectivity index (χ0n) is 18.0. The van der Waals surface area contributed by atoms with Crippen molar-refractivity contribution in [1.82, 2.24) is 5.32 Å². The zero-order valence-corrected chi connectivity index (χ0v) is 18.8. The second-order valence-electron chi connectivity index (χ2n) is 7.62. The van der Waals surface area contributed by atoms with Crippen LogP contribution >= 0.6 is 0 Å². The summed E-state index contributed by atoms with van der Waals surface area (Å²) in [4.78, 5) is 15.0. The van der Waals surface area contributed by atoms with E-state index in [4.69, 9.17) is 0 Å². The summed E-state index contributed by atoms with van der Waals surface area (Å²) < 4.78 is 26.4. The summed E-state index contributed by atoms with van der Waals surface area (Å²) in [6.45, 7) is 8.92. The third kappa shape index (κ3) is 4.95. The summed E-state index contributed by atoms with van der Waals surface area (Å²) in [5, 5.41) is 2.94. The molecule has 1 heterocycles. The minimum atomic E-state index is -3.31. The van der Waals surface area contributed by atoms with E-state index in [9.17, 15) is 13.2 Å². The molecule has 0 radical (unpaired) electrons. The molecule has 3 rings (SSSR count). The average molecular weight is 430 g/mol. The Kier molecular flexibility index (Phi) is 7.02. The molecule has 30 heavy (non-hydrogen) atoms. The summed E-state index contributed by atoms with van der Waals surface area (Å²) in [5.74, 6) is -0.0507. The number of sulfonamides is 1. The minimum absolute atomic E-state index is 0.159. The molecule has 1 fully saturated rings. The Morgan fingerprint density at radius 3 is 2.40 bits per heavy atom. The molecule has 1 N–H and O–H groups in total. The topological polar surface area (TPSA) is 69.7 Å². The third-order valence-corrected chi connectivity index (χ3v) is 7.46. The number of rotatable bonds is 7. The van der Waals surface area contributed by atoms with E-state index in [-0.39, 0.29) is 11.7 Å². The van der Waals surface area contributed by atoms with Crippen LogP contribution in [-0.2, 0) is 16.6 Å². The molecule has 0 bridgehead atoms. The van der Waals surface area contributed by atoms with Crippen molar-refractivity contribution in [1.29, 1.82) is 0 Å². The lowest BCUT2D eigenvalue weighted by Crippen LogP contribution is -2.38. The van der Waals surface area contributed by atoms with E-state index in [1.54, 1.807) is 12.1 Å². The minimum Gasteiger partial charge on any atom is -0.372 e. The summed E-state index contributed by atoms with van der Waals surface area (Å²) in [6.07, 6.45) is 1.52. The Labute approximate surface area is 179 Å². The van der Waals surface area contributed by atoms with Crippen LogP contribution in [0.2, 0.25) is 0 Å². The van der Waals surface area contributed by atoms with E-state index < -0.39 is 10.0 Å². The van der Waals surface area contributed by atoms with Gasteiger partial charge in [0.05, 0.1) is 11.4 Å². The summed E-state index contributed by atoms with van der Waals surface area (Å²) in [7, 11) is -3.31. The van der Waals surface area contributed by atoms with Crippen molar-refractivity contribution in [2.24, 2.45) is 0 Å². The molecular weight excluding hydrogens is 398 g/mol. The predicted octanol–water partition coefficient (Wildman–Crippen LogP) is 3.70. The number of benzene rings is 2. The molecule has 7 heteroatoms. The number of nitrogens with one attached hydrogen (secondary N) is 1. The van der Waals surface area contributed by atoms with Crippen molar-refractivity contribution in [3.05, 3.63) is 59.2 Å². The fourth-order valence-corrected chi connectivity index (χ4v) is 5.47. The second-order valence-corrected chi connectivity index (χ2v) is 9.63. The van der Waals surface area contributed by atoms with E-state index in [0.717, 1.165) is 30.6 Å². The number of carbonyl (C=O) groups is 1. The number of anilines is 2. The molecule has 0 saturated carbocycles. The Morgan fingerprint density at radius 2 is 1.77 bits per heavy atom. The number of nitrogens with zero attached hydrogens (tertiary/aromatic N) is 2. The molecule has 1 aliphatic rings. The molecule has 162 valence electrons. The van der Waals surface area contributed by atoms with Crippen LogP contribution in [0.1, 0.15) is 48.2 Å². The Morgan fingerprint density at radius 1 is 1.07 bits per heavy atom. The number of hydrogen-bond acceptors (Lipinski definition) is 4. The molecule has 1 saturated heterocycles. The van der Waals surface area contributed by atoms with Gasteiger partial charge in [-0.25, -0.2) is 8.42 Å². The Balaban J connectivity index is 1.70. The van der Waals surface area contributed by atoms with Crippen molar-refractivity contribution in [3.63, 3.8) is 0 Å². The molecule has 0 aliphatic carbocycles. The van der Waals surface area contributed by atoms with E-state index in [1.165, 1.54) is 9.99 Å². The highest BCUT2D eigenvalue weighted by Gasteiger charge is 2.27. The van der Waals surface area contributed by atoms with Crippen molar-refractivity contribution in [3.8, 4) is 0 Å². The van der Waals surface area contributed by atoms with Crippen molar-refractivity contribution < 1.29 is 13.2 Å². The van der Waals surface area contributed by atoms with Gasteiger partial charge in [-0.1, -0.05) is 18.2 Å². The molecule has 1 amide bonds. The Hall–Kier alpha value is -2.54. The van der Waals surface area contributed by atoms with Gasteiger partial charge in [0.1, 0.15) is 0 Å². The van der Waals surface area contributed by atoms with Gasteiger partial charge in [-0.2, -0.15) is 0 Å². The van der Waals surface area contributed by atoms with E-state index in [0.29, 0.717) is 30.8 Å². The van der Waals surface area contributed by atoms with E-state index in [1.807, 2.05) is 25.1 Å². The fraction of sp³-hybridized carbons (Fsp3) is 0.435. The van der Waals surface area contributed by atoms with Crippen LogP contribution in [0.3, 0.4) is 0 Å². The van der Waals surface area contributed by atoms with E-state index >= 15 is 0 Å². The van der Waals surface area contributed by atoms with Crippen LogP contribution in [0.5, 0.6) is 0 Å². The average Bonchev–Trinajstić information content (AvgIpc) is 2.74. The maximum absolute atomic E-state index is 12.7. The molecule has 1 aliphatic heterocycles. The van der Waals surface area contributed by atoms with Crippen LogP contribution in [0, 0.1) is 6.92 Å². The summed E-state index contributed by atoms with van der Waals surface area (Å²) in [6, 6.07) is 13.4. The SMILES string of the molecule is CCN(CC)c1ccc(CNC(=O)c2ccc(C)c(N3CCCCS3(=O)=O)c2)cc1. The first kappa shape index (κ1) is 22.2. The molecule has 2 aromatic carbocycles. The molecule has 2 aromatic rings. The number of amides is 1. The van der Waals surface area contributed by atoms with Crippen LogP contribution in [0.25, 0.3) is 0 Å². The van der Waals surface area contributed by atoms with Crippen LogP contribution in [-0.4, -0.2) is 39.7 Å². The highest BCUT2D eigenvalue weighted by Crippen LogP contribution is 2.28. The van der Waals surface area contributed by atoms with Gasteiger partial charge >= 0.3 is 0 Å². The van der Waals surface area contributed by atoms with Gasteiger partial charge in [-0.15, -0.1) is 0 Å². The van der Waals surface area contributed by atoms with Crippen molar-refractivity contribution >= 4 is 27.3 Å². The van der Waals surface area contributed by atoms with Gasteiger partial charge in [-0.3, -0.25) is 9.10 Å². The first-order valence-electron chi connectivity index (χ1n) is 10.6. The second kappa shape index (κ2) is 9.51. The zero-order chi connectivity index (χ0) is 21.7. The Bertz CT molecular complexity index is 983. The van der Waals surface area contributed by atoms with Gasteiger partial charge in [0.15, 0.2) is 0 Å². The molecule has 0 spiro atoms. The fourth-order valence-electron chi connectivity index (χ4n) is 3.78. The van der Waals surface area contributed by atoms with Crippen LogP contribution in [0.15, 0.2) is 42.5 Å². The largest absolute Gasteiger partial charge is 0.372 e. The summed E-state index contributed by atoms with van der Waals surface area (Å²) in [5.41, 5.74) is 4.11. The summed E-state index contributed by atoms with van der Waals surface area (Å²) >= 11 is 0. The lowest BCUT2D eigenvalue weighted by atomic mass is 10.1. The molecule has 0 aromatic heterocycles. The normalized spacial score (nSPS) is 15.6. The lowest BCUT2D eigenvalue weighted by molar-refractivity contribution is 0.0951. The number of hydrogen-bond donors (Lipinski definition) is 1. The molecule has 0 atom stereocenters.